The first-order valence-electron chi connectivity index (χ1n) is 6.42. The van der Waals surface area contributed by atoms with E-state index in [-0.39, 0.29) is 0 Å². The fourth-order valence-corrected chi connectivity index (χ4v) is 2.94. The second kappa shape index (κ2) is 5.78. The largest absolute Gasteiger partial charge is 0.314 e. The minimum absolute atomic E-state index is 0.774. The molecule has 0 spiro atoms. The highest BCUT2D eigenvalue weighted by Gasteiger charge is 2.22. The van der Waals surface area contributed by atoms with Gasteiger partial charge in [-0.25, -0.2) is 4.98 Å². The molecule has 1 N–H and O–H groups in total. The maximum absolute atomic E-state index is 4.57. The SMILES string of the molecule is CCCC(CNC1CC1)Cc1nc(C)cs1. The summed E-state index contributed by atoms with van der Waals surface area (Å²) in [6, 6.07) is 0.831. The summed E-state index contributed by atoms with van der Waals surface area (Å²) in [5.74, 6) is 0.774. The van der Waals surface area contributed by atoms with E-state index >= 15 is 0 Å². The van der Waals surface area contributed by atoms with Crippen LogP contribution in [0.25, 0.3) is 0 Å². The fraction of sp³-hybridized carbons (Fsp3) is 0.769. The van der Waals surface area contributed by atoms with Gasteiger partial charge in [0.25, 0.3) is 0 Å². The van der Waals surface area contributed by atoms with Gasteiger partial charge in [-0.15, -0.1) is 11.3 Å². The summed E-state index contributed by atoms with van der Waals surface area (Å²) in [6.45, 7) is 5.53. The van der Waals surface area contributed by atoms with E-state index in [0.717, 1.165) is 18.4 Å². The molecule has 0 bridgehead atoms. The molecule has 90 valence electrons. The molecule has 1 saturated carbocycles. The summed E-state index contributed by atoms with van der Waals surface area (Å²) in [5, 5.41) is 7.12. The third-order valence-electron chi connectivity index (χ3n) is 3.10. The van der Waals surface area contributed by atoms with E-state index in [1.807, 2.05) is 11.3 Å². The summed E-state index contributed by atoms with van der Waals surface area (Å²) >= 11 is 1.81. The molecular formula is C13H22N2S. The van der Waals surface area contributed by atoms with Gasteiger partial charge >= 0.3 is 0 Å². The number of nitrogens with zero attached hydrogens (tertiary/aromatic N) is 1. The van der Waals surface area contributed by atoms with E-state index in [1.165, 1.54) is 42.9 Å². The number of thiazole rings is 1. The molecule has 3 heteroatoms. The zero-order valence-electron chi connectivity index (χ0n) is 10.3. The Morgan fingerprint density at radius 3 is 2.94 bits per heavy atom. The van der Waals surface area contributed by atoms with Gasteiger partial charge in [-0.1, -0.05) is 13.3 Å². The second-order valence-corrected chi connectivity index (χ2v) is 5.87. The van der Waals surface area contributed by atoms with E-state index in [1.54, 1.807) is 0 Å². The lowest BCUT2D eigenvalue weighted by Gasteiger charge is -2.15. The van der Waals surface area contributed by atoms with Crippen LogP contribution in [0.15, 0.2) is 5.38 Å². The van der Waals surface area contributed by atoms with Crippen LogP contribution in [0.4, 0.5) is 0 Å². The van der Waals surface area contributed by atoms with Crippen LogP contribution in [0.5, 0.6) is 0 Å². The third kappa shape index (κ3) is 3.87. The van der Waals surface area contributed by atoms with Gasteiger partial charge < -0.3 is 5.32 Å². The van der Waals surface area contributed by atoms with Crippen LogP contribution >= 0.6 is 11.3 Å². The van der Waals surface area contributed by atoms with Crippen LogP contribution in [0.3, 0.4) is 0 Å². The van der Waals surface area contributed by atoms with Gasteiger partial charge in [0.05, 0.1) is 5.01 Å². The molecule has 1 aliphatic carbocycles. The first kappa shape index (κ1) is 12.1. The molecular weight excluding hydrogens is 216 g/mol. The Hall–Kier alpha value is -0.410. The van der Waals surface area contributed by atoms with Gasteiger partial charge in [0.15, 0.2) is 0 Å². The second-order valence-electron chi connectivity index (χ2n) is 4.92. The van der Waals surface area contributed by atoms with E-state index in [9.17, 15) is 0 Å². The molecule has 0 radical (unpaired) electrons. The van der Waals surface area contributed by atoms with E-state index in [4.69, 9.17) is 0 Å². The van der Waals surface area contributed by atoms with Crippen LogP contribution in [0.1, 0.15) is 43.3 Å². The number of hydrogen-bond donors (Lipinski definition) is 1. The highest BCUT2D eigenvalue weighted by atomic mass is 32.1. The molecule has 1 fully saturated rings. The quantitative estimate of drug-likeness (QED) is 0.789. The molecule has 0 saturated heterocycles. The van der Waals surface area contributed by atoms with Crippen molar-refractivity contribution in [2.45, 2.75) is 52.0 Å². The van der Waals surface area contributed by atoms with Crippen LogP contribution in [0, 0.1) is 12.8 Å². The van der Waals surface area contributed by atoms with Crippen molar-refractivity contribution in [1.82, 2.24) is 10.3 Å². The van der Waals surface area contributed by atoms with Crippen molar-refractivity contribution in [3.8, 4) is 0 Å². The van der Waals surface area contributed by atoms with Gasteiger partial charge in [-0.2, -0.15) is 0 Å². The maximum Gasteiger partial charge on any atom is 0.0931 e. The summed E-state index contributed by atoms with van der Waals surface area (Å²) in [4.78, 5) is 4.57. The molecule has 2 rings (SSSR count). The van der Waals surface area contributed by atoms with E-state index in [0.29, 0.717) is 0 Å². The Kier molecular flexibility index (Phi) is 4.36. The number of aryl methyl sites for hydroxylation is 1. The highest BCUT2D eigenvalue weighted by Crippen LogP contribution is 2.21. The summed E-state index contributed by atoms with van der Waals surface area (Å²) < 4.78 is 0. The molecule has 0 amide bonds. The van der Waals surface area contributed by atoms with Crippen molar-refractivity contribution >= 4 is 11.3 Å². The maximum atomic E-state index is 4.57. The van der Waals surface area contributed by atoms with Crippen LogP contribution < -0.4 is 5.32 Å². The van der Waals surface area contributed by atoms with Crippen LogP contribution in [-0.2, 0) is 6.42 Å². The molecule has 2 nitrogen and oxygen atoms in total. The smallest absolute Gasteiger partial charge is 0.0931 e. The average Bonchev–Trinajstić information content (AvgIpc) is 3.00. The third-order valence-corrected chi connectivity index (χ3v) is 4.09. The first-order chi connectivity index (χ1) is 7.78. The van der Waals surface area contributed by atoms with Gasteiger partial charge in [0, 0.05) is 23.5 Å². The monoisotopic (exact) mass is 238 g/mol. The molecule has 1 aliphatic rings. The van der Waals surface area contributed by atoms with Gasteiger partial charge in [-0.3, -0.25) is 0 Å². The average molecular weight is 238 g/mol. The lowest BCUT2D eigenvalue weighted by atomic mass is 10.00. The molecule has 1 unspecified atom stereocenters. The van der Waals surface area contributed by atoms with Gasteiger partial charge in [-0.05, 0) is 38.6 Å². The lowest BCUT2D eigenvalue weighted by molar-refractivity contribution is 0.436. The highest BCUT2D eigenvalue weighted by molar-refractivity contribution is 7.09. The molecule has 16 heavy (non-hydrogen) atoms. The van der Waals surface area contributed by atoms with E-state index < -0.39 is 0 Å². The minimum atomic E-state index is 0.774. The van der Waals surface area contributed by atoms with Crippen molar-refractivity contribution in [2.24, 2.45) is 5.92 Å². The predicted octanol–water partition coefficient (Wildman–Crippen LogP) is 3.16. The normalized spacial score (nSPS) is 17.6. The Morgan fingerprint density at radius 1 is 1.56 bits per heavy atom. The van der Waals surface area contributed by atoms with Crippen LogP contribution in [-0.4, -0.2) is 17.6 Å². The Bertz CT molecular complexity index is 317. The van der Waals surface area contributed by atoms with Crippen LogP contribution in [0.2, 0.25) is 0 Å². The molecule has 0 aliphatic heterocycles. The van der Waals surface area contributed by atoms with Crippen molar-refractivity contribution in [2.75, 3.05) is 6.54 Å². The lowest BCUT2D eigenvalue weighted by Crippen LogP contribution is -2.26. The van der Waals surface area contributed by atoms with Crippen molar-refractivity contribution in [1.29, 1.82) is 0 Å². The van der Waals surface area contributed by atoms with E-state index in [2.05, 4.69) is 29.5 Å². The predicted molar refractivity (Wildman–Crippen MR) is 70.0 cm³/mol. The molecule has 1 atom stereocenters. The van der Waals surface area contributed by atoms with Gasteiger partial charge in [0.1, 0.15) is 0 Å². The molecule has 1 aromatic heterocycles. The van der Waals surface area contributed by atoms with Crippen molar-refractivity contribution < 1.29 is 0 Å². The Balaban J connectivity index is 1.80. The first-order valence-corrected chi connectivity index (χ1v) is 7.30. The minimum Gasteiger partial charge on any atom is -0.314 e. The Labute approximate surface area is 102 Å². The van der Waals surface area contributed by atoms with Crippen molar-refractivity contribution in [3.63, 3.8) is 0 Å². The zero-order valence-corrected chi connectivity index (χ0v) is 11.1. The number of rotatable bonds is 7. The summed E-state index contributed by atoms with van der Waals surface area (Å²) in [5.41, 5.74) is 1.17. The number of nitrogens with one attached hydrogen (secondary N) is 1. The molecule has 1 heterocycles. The standard InChI is InChI=1S/C13H22N2S/c1-3-4-11(8-14-12-5-6-12)7-13-15-10(2)9-16-13/h9,11-12,14H,3-8H2,1-2H3. The topological polar surface area (TPSA) is 24.9 Å². The van der Waals surface area contributed by atoms with Crippen molar-refractivity contribution in [3.05, 3.63) is 16.1 Å². The molecule has 1 aromatic rings. The number of hydrogen-bond acceptors (Lipinski definition) is 3. The fourth-order valence-electron chi connectivity index (χ4n) is 2.05. The molecule has 0 aromatic carbocycles. The zero-order chi connectivity index (χ0) is 11.4. The van der Waals surface area contributed by atoms with Gasteiger partial charge in [0.2, 0.25) is 0 Å². The summed E-state index contributed by atoms with van der Waals surface area (Å²) in [7, 11) is 0. The Morgan fingerprint density at radius 2 is 2.38 bits per heavy atom. The number of aromatic nitrogens is 1. The summed E-state index contributed by atoms with van der Waals surface area (Å²) in [6.07, 6.45) is 6.52.